The molecule has 0 spiro atoms. The number of benzene rings is 1. The van der Waals surface area contributed by atoms with Gasteiger partial charge in [0.1, 0.15) is 18.0 Å². The van der Waals surface area contributed by atoms with Crippen LogP contribution in [0.4, 0.5) is 4.39 Å². The second kappa shape index (κ2) is 6.17. The molecule has 6 heteroatoms. The molecule has 2 aromatic heterocycles. The Morgan fingerprint density at radius 1 is 1.23 bits per heavy atom. The maximum atomic E-state index is 13.1. The molecule has 3 rings (SSSR count). The lowest BCUT2D eigenvalue weighted by Gasteiger charge is -2.10. The highest BCUT2D eigenvalue weighted by molar-refractivity contribution is 5.94. The number of carbonyl (C=O) groups is 1. The van der Waals surface area contributed by atoms with Gasteiger partial charge >= 0.3 is 0 Å². The second-order valence-electron chi connectivity index (χ2n) is 4.65. The highest BCUT2D eigenvalue weighted by Gasteiger charge is 2.09. The number of aromatic nitrogens is 3. The molecule has 2 heterocycles. The zero-order chi connectivity index (χ0) is 15.4. The zero-order valence-corrected chi connectivity index (χ0v) is 11.6. The molecule has 0 fully saturated rings. The molecule has 22 heavy (non-hydrogen) atoms. The lowest BCUT2D eigenvalue weighted by atomic mass is 10.2. The number of nitrogens with one attached hydrogen (secondary N) is 1. The lowest BCUT2D eigenvalue weighted by Crippen LogP contribution is -2.23. The predicted molar refractivity (Wildman–Crippen MR) is 78.9 cm³/mol. The number of imidazole rings is 1. The lowest BCUT2D eigenvalue weighted by molar-refractivity contribution is 0.0950. The van der Waals surface area contributed by atoms with Crippen molar-refractivity contribution in [1.29, 1.82) is 0 Å². The molecule has 5 nitrogen and oxygen atoms in total. The number of nitrogens with zero attached hydrogens (tertiary/aromatic N) is 3. The molecule has 1 N–H and O–H groups in total. The van der Waals surface area contributed by atoms with E-state index in [4.69, 9.17) is 0 Å². The fourth-order valence-electron chi connectivity index (χ4n) is 2.09. The van der Waals surface area contributed by atoms with Crippen molar-refractivity contribution in [3.8, 4) is 5.82 Å². The molecule has 1 aromatic carbocycles. The van der Waals surface area contributed by atoms with E-state index in [9.17, 15) is 9.18 Å². The molecule has 0 bridgehead atoms. The predicted octanol–water partition coefficient (Wildman–Crippen LogP) is 2.34. The molecule has 1 amide bonds. The molecule has 0 aliphatic carbocycles. The minimum absolute atomic E-state index is 0.285. The van der Waals surface area contributed by atoms with E-state index in [0.717, 1.165) is 5.56 Å². The Kier molecular flexibility index (Phi) is 3.91. The molecule has 0 saturated carbocycles. The Labute approximate surface area is 126 Å². The molecule has 0 atom stereocenters. The minimum atomic E-state index is -0.437. The average Bonchev–Trinajstić information content (AvgIpc) is 3.07. The Hall–Kier alpha value is -3.02. The summed E-state index contributed by atoms with van der Waals surface area (Å²) in [5, 5.41) is 2.77. The van der Waals surface area contributed by atoms with E-state index in [1.165, 1.54) is 18.2 Å². The van der Waals surface area contributed by atoms with Gasteiger partial charge in [-0.05, 0) is 24.3 Å². The highest BCUT2D eigenvalue weighted by atomic mass is 19.1. The second-order valence-corrected chi connectivity index (χ2v) is 4.65. The summed E-state index contributed by atoms with van der Waals surface area (Å²) in [5.74, 6) is -0.0763. The van der Waals surface area contributed by atoms with Crippen LogP contribution in [0.15, 0.2) is 61.3 Å². The number of rotatable bonds is 4. The molecular formula is C16H13FN4O. The van der Waals surface area contributed by atoms with Crippen molar-refractivity contribution >= 4 is 5.91 Å². The van der Waals surface area contributed by atoms with Gasteiger partial charge < -0.3 is 5.32 Å². The van der Waals surface area contributed by atoms with Crippen LogP contribution in [0.25, 0.3) is 5.82 Å². The maximum Gasteiger partial charge on any atom is 0.251 e. The summed E-state index contributed by atoms with van der Waals surface area (Å²) >= 11 is 0. The summed E-state index contributed by atoms with van der Waals surface area (Å²) in [4.78, 5) is 20.3. The van der Waals surface area contributed by atoms with Gasteiger partial charge in [0.25, 0.3) is 5.91 Å². The third kappa shape index (κ3) is 3.01. The first-order valence-corrected chi connectivity index (χ1v) is 6.70. The van der Waals surface area contributed by atoms with E-state index in [-0.39, 0.29) is 18.0 Å². The topological polar surface area (TPSA) is 59.8 Å². The van der Waals surface area contributed by atoms with Crippen molar-refractivity contribution < 1.29 is 9.18 Å². The fraction of sp³-hybridized carbons (Fsp3) is 0.0625. The van der Waals surface area contributed by atoms with Gasteiger partial charge in [0.05, 0.1) is 0 Å². The van der Waals surface area contributed by atoms with Crippen LogP contribution in [-0.4, -0.2) is 20.4 Å². The summed E-state index contributed by atoms with van der Waals surface area (Å²) in [6.45, 7) is 0.288. The van der Waals surface area contributed by atoms with E-state index in [2.05, 4.69) is 15.3 Å². The first kappa shape index (κ1) is 13.9. The standard InChI is InChI=1S/C16H13FN4O/c17-14-5-1-3-12(9-14)16(22)20-10-13-4-2-6-19-15(13)21-8-7-18-11-21/h1-9,11H,10H2,(H,20,22). The van der Waals surface area contributed by atoms with Crippen molar-refractivity contribution in [3.05, 3.63) is 78.3 Å². The Bertz CT molecular complexity index is 786. The maximum absolute atomic E-state index is 13.1. The number of hydrogen-bond donors (Lipinski definition) is 1. The summed E-state index contributed by atoms with van der Waals surface area (Å²) in [5.41, 5.74) is 1.12. The van der Waals surface area contributed by atoms with Crippen LogP contribution in [0.3, 0.4) is 0 Å². The van der Waals surface area contributed by atoms with Gasteiger partial charge in [-0.1, -0.05) is 12.1 Å². The van der Waals surface area contributed by atoms with E-state index in [1.54, 1.807) is 41.6 Å². The van der Waals surface area contributed by atoms with Gasteiger partial charge in [-0.15, -0.1) is 0 Å². The Morgan fingerprint density at radius 3 is 2.91 bits per heavy atom. The molecule has 0 radical (unpaired) electrons. The molecule has 0 saturated heterocycles. The molecular weight excluding hydrogens is 283 g/mol. The van der Waals surface area contributed by atoms with Gasteiger partial charge in [-0.3, -0.25) is 9.36 Å². The monoisotopic (exact) mass is 296 g/mol. The van der Waals surface area contributed by atoms with Crippen molar-refractivity contribution in [2.75, 3.05) is 0 Å². The van der Waals surface area contributed by atoms with E-state index in [1.807, 2.05) is 6.07 Å². The smallest absolute Gasteiger partial charge is 0.251 e. The molecule has 0 aliphatic heterocycles. The number of halogens is 1. The van der Waals surface area contributed by atoms with Crippen molar-refractivity contribution in [1.82, 2.24) is 19.9 Å². The first-order valence-electron chi connectivity index (χ1n) is 6.70. The van der Waals surface area contributed by atoms with Crippen LogP contribution in [0.5, 0.6) is 0 Å². The van der Waals surface area contributed by atoms with Gasteiger partial charge in [0.15, 0.2) is 0 Å². The summed E-state index contributed by atoms with van der Waals surface area (Å²) in [6, 6.07) is 9.24. The van der Waals surface area contributed by atoms with Crippen LogP contribution in [0.2, 0.25) is 0 Å². The quantitative estimate of drug-likeness (QED) is 0.804. The number of hydrogen-bond acceptors (Lipinski definition) is 3. The van der Waals surface area contributed by atoms with E-state index in [0.29, 0.717) is 5.82 Å². The van der Waals surface area contributed by atoms with Gasteiger partial charge in [-0.2, -0.15) is 0 Å². The number of amides is 1. The third-order valence-electron chi connectivity index (χ3n) is 3.14. The van der Waals surface area contributed by atoms with E-state index < -0.39 is 5.82 Å². The number of pyridine rings is 1. The zero-order valence-electron chi connectivity index (χ0n) is 11.6. The molecule has 0 unspecified atom stereocenters. The van der Waals surface area contributed by atoms with Crippen molar-refractivity contribution in [2.45, 2.75) is 6.54 Å². The summed E-state index contributed by atoms with van der Waals surface area (Å²) in [6.07, 6.45) is 6.75. The average molecular weight is 296 g/mol. The number of carbonyl (C=O) groups excluding carboxylic acids is 1. The first-order chi connectivity index (χ1) is 10.7. The molecule has 3 aromatic rings. The van der Waals surface area contributed by atoms with Gasteiger partial charge in [0, 0.05) is 36.3 Å². The Morgan fingerprint density at radius 2 is 2.14 bits per heavy atom. The van der Waals surface area contributed by atoms with Gasteiger partial charge in [-0.25, -0.2) is 14.4 Å². The summed E-state index contributed by atoms with van der Waals surface area (Å²) < 4.78 is 14.9. The van der Waals surface area contributed by atoms with Crippen molar-refractivity contribution in [2.24, 2.45) is 0 Å². The fourth-order valence-corrected chi connectivity index (χ4v) is 2.09. The molecule has 110 valence electrons. The van der Waals surface area contributed by atoms with Crippen LogP contribution < -0.4 is 5.32 Å². The minimum Gasteiger partial charge on any atom is -0.348 e. The normalized spacial score (nSPS) is 10.4. The Balaban J connectivity index is 1.76. The van der Waals surface area contributed by atoms with Crippen LogP contribution in [0.1, 0.15) is 15.9 Å². The largest absolute Gasteiger partial charge is 0.348 e. The van der Waals surface area contributed by atoms with Crippen LogP contribution in [0, 0.1) is 5.82 Å². The van der Waals surface area contributed by atoms with Crippen LogP contribution >= 0.6 is 0 Å². The third-order valence-corrected chi connectivity index (χ3v) is 3.14. The van der Waals surface area contributed by atoms with Crippen molar-refractivity contribution in [3.63, 3.8) is 0 Å². The van der Waals surface area contributed by atoms with Gasteiger partial charge in [0.2, 0.25) is 0 Å². The SMILES string of the molecule is O=C(NCc1cccnc1-n1ccnc1)c1cccc(F)c1. The van der Waals surface area contributed by atoms with E-state index >= 15 is 0 Å². The summed E-state index contributed by atoms with van der Waals surface area (Å²) in [7, 11) is 0. The highest BCUT2D eigenvalue weighted by Crippen LogP contribution is 2.11. The molecule has 0 aliphatic rings. The van der Waals surface area contributed by atoms with Crippen LogP contribution in [-0.2, 0) is 6.54 Å².